The van der Waals surface area contributed by atoms with Crippen LogP contribution >= 0.6 is 0 Å². The molecule has 0 bridgehead atoms. The molecule has 1 heterocycles. The summed E-state index contributed by atoms with van der Waals surface area (Å²) in [5, 5.41) is 6.07. The fourth-order valence-electron chi connectivity index (χ4n) is 3.57. The number of nitrogens with one attached hydrogen (secondary N) is 2. The Bertz CT molecular complexity index is 581. The van der Waals surface area contributed by atoms with Crippen molar-refractivity contribution in [2.45, 2.75) is 64.0 Å². The summed E-state index contributed by atoms with van der Waals surface area (Å²) in [6.07, 6.45) is 7.17. The van der Waals surface area contributed by atoms with Crippen molar-refractivity contribution in [2.75, 3.05) is 10.2 Å². The van der Waals surface area contributed by atoms with Gasteiger partial charge in [0, 0.05) is 6.04 Å². The normalized spacial score (nSPS) is 21.5. The average Bonchev–Trinajstić information content (AvgIpc) is 2.56. The molecule has 1 atom stereocenters. The van der Waals surface area contributed by atoms with Gasteiger partial charge >= 0.3 is 6.03 Å². The van der Waals surface area contributed by atoms with Crippen LogP contribution in [-0.4, -0.2) is 24.0 Å². The average molecular weight is 315 g/mol. The molecule has 124 valence electrons. The zero-order valence-corrected chi connectivity index (χ0v) is 13.7. The molecule has 2 aliphatic rings. The minimum absolute atomic E-state index is 0.0932. The molecule has 3 rings (SSSR count). The molecule has 1 aliphatic carbocycles. The smallest absolute Gasteiger partial charge is 0.322 e. The predicted octanol–water partition coefficient (Wildman–Crippen LogP) is 3.66. The Morgan fingerprint density at radius 1 is 1.26 bits per heavy atom. The van der Waals surface area contributed by atoms with E-state index in [1.165, 1.54) is 19.3 Å². The van der Waals surface area contributed by atoms with Gasteiger partial charge in [-0.05, 0) is 31.4 Å². The quantitative estimate of drug-likeness (QED) is 0.894. The van der Waals surface area contributed by atoms with Gasteiger partial charge in [-0.2, -0.15) is 0 Å². The van der Waals surface area contributed by atoms with Gasteiger partial charge in [-0.1, -0.05) is 44.7 Å². The van der Waals surface area contributed by atoms with E-state index in [-0.39, 0.29) is 18.0 Å². The molecule has 0 spiro atoms. The molecular formula is C18H25N3O2. The highest BCUT2D eigenvalue weighted by molar-refractivity contribution is 6.11. The number of carbonyl (C=O) groups excluding carboxylic acids is 2. The van der Waals surface area contributed by atoms with Crippen LogP contribution in [0.1, 0.15) is 51.9 Å². The Morgan fingerprint density at radius 2 is 2.00 bits per heavy atom. The van der Waals surface area contributed by atoms with Crippen LogP contribution in [-0.2, 0) is 4.79 Å². The van der Waals surface area contributed by atoms with Gasteiger partial charge in [-0.15, -0.1) is 0 Å². The maximum absolute atomic E-state index is 12.9. The third kappa shape index (κ3) is 3.33. The lowest BCUT2D eigenvalue weighted by Crippen LogP contribution is -2.56. The predicted molar refractivity (Wildman–Crippen MR) is 91.7 cm³/mol. The van der Waals surface area contributed by atoms with Crippen molar-refractivity contribution >= 4 is 23.3 Å². The number of hydrogen-bond acceptors (Lipinski definition) is 2. The monoisotopic (exact) mass is 315 g/mol. The number of fused-ring (bicyclic) bond motifs is 1. The van der Waals surface area contributed by atoms with Gasteiger partial charge in [0.05, 0.1) is 11.4 Å². The van der Waals surface area contributed by atoms with Crippen molar-refractivity contribution in [2.24, 2.45) is 0 Å². The van der Waals surface area contributed by atoms with Gasteiger partial charge in [0.25, 0.3) is 0 Å². The molecule has 0 unspecified atom stereocenters. The minimum atomic E-state index is -0.432. The molecule has 1 aromatic rings. The van der Waals surface area contributed by atoms with Gasteiger partial charge in [0.2, 0.25) is 5.91 Å². The van der Waals surface area contributed by atoms with Gasteiger partial charge in [0.15, 0.2) is 0 Å². The molecule has 1 fully saturated rings. The second-order valence-corrected chi connectivity index (χ2v) is 6.47. The van der Waals surface area contributed by atoms with Crippen molar-refractivity contribution in [3.05, 3.63) is 24.3 Å². The Morgan fingerprint density at radius 3 is 2.74 bits per heavy atom. The molecule has 3 amide bonds. The summed E-state index contributed by atoms with van der Waals surface area (Å²) in [6.45, 7) is 2.03. The van der Waals surface area contributed by atoms with Crippen LogP contribution in [0.2, 0.25) is 0 Å². The number of rotatable bonds is 3. The van der Waals surface area contributed by atoms with E-state index in [0.717, 1.165) is 24.9 Å². The lowest BCUT2D eigenvalue weighted by atomic mass is 9.95. The van der Waals surface area contributed by atoms with Crippen molar-refractivity contribution in [1.82, 2.24) is 5.32 Å². The molecule has 23 heavy (non-hydrogen) atoms. The third-order valence-corrected chi connectivity index (χ3v) is 4.75. The van der Waals surface area contributed by atoms with Crippen molar-refractivity contribution in [3.8, 4) is 0 Å². The SMILES string of the molecule is CCC[C@H]1C(=O)Nc2ccccc2N1C(=O)NC1CCCCC1. The van der Waals surface area contributed by atoms with E-state index in [9.17, 15) is 9.59 Å². The second-order valence-electron chi connectivity index (χ2n) is 6.47. The van der Waals surface area contributed by atoms with Gasteiger partial charge in [-0.3, -0.25) is 9.69 Å². The molecule has 0 saturated heterocycles. The van der Waals surface area contributed by atoms with Crippen LogP contribution in [0.25, 0.3) is 0 Å². The van der Waals surface area contributed by atoms with E-state index < -0.39 is 6.04 Å². The first kappa shape index (κ1) is 15.8. The minimum Gasteiger partial charge on any atom is -0.335 e. The summed E-state index contributed by atoms with van der Waals surface area (Å²) in [7, 11) is 0. The molecule has 1 aliphatic heterocycles. The zero-order chi connectivity index (χ0) is 16.2. The number of urea groups is 1. The number of anilines is 2. The first-order chi connectivity index (χ1) is 11.2. The fraction of sp³-hybridized carbons (Fsp3) is 0.556. The standard InChI is InChI=1S/C18H25N3O2/c1-2-8-16-17(22)20-14-11-6-7-12-15(14)21(16)18(23)19-13-9-4-3-5-10-13/h6-7,11-13,16H,2-5,8-10H2,1H3,(H,19,23)(H,20,22)/t16-/m0/s1. The molecule has 1 aromatic carbocycles. The van der Waals surface area contributed by atoms with Crippen molar-refractivity contribution in [3.63, 3.8) is 0 Å². The summed E-state index contributed by atoms with van der Waals surface area (Å²) < 4.78 is 0. The van der Waals surface area contributed by atoms with Gasteiger partial charge < -0.3 is 10.6 Å². The molecule has 5 heteroatoms. The zero-order valence-electron chi connectivity index (χ0n) is 13.7. The molecule has 0 radical (unpaired) electrons. The summed E-state index contributed by atoms with van der Waals surface area (Å²) in [4.78, 5) is 27.0. The molecule has 1 saturated carbocycles. The highest BCUT2D eigenvalue weighted by atomic mass is 16.2. The van der Waals surface area contributed by atoms with E-state index >= 15 is 0 Å². The summed E-state index contributed by atoms with van der Waals surface area (Å²) in [5.74, 6) is -0.0932. The number of amides is 3. The van der Waals surface area contributed by atoms with E-state index in [1.807, 2.05) is 31.2 Å². The van der Waals surface area contributed by atoms with E-state index in [1.54, 1.807) is 4.90 Å². The van der Waals surface area contributed by atoms with E-state index in [4.69, 9.17) is 0 Å². The fourth-order valence-corrected chi connectivity index (χ4v) is 3.57. The Hall–Kier alpha value is -2.04. The summed E-state index contributed by atoms with van der Waals surface area (Å²) >= 11 is 0. The van der Waals surface area contributed by atoms with Crippen LogP contribution in [0, 0.1) is 0 Å². The van der Waals surface area contributed by atoms with E-state index in [2.05, 4.69) is 10.6 Å². The lowest BCUT2D eigenvalue weighted by Gasteiger charge is -2.37. The molecule has 2 N–H and O–H groups in total. The third-order valence-electron chi connectivity index (χ3n) is 4.75. The van der Waals surface area contributed by atoms with Crippen LogP contribution in [0.3, 0.4) is 0 Å². The first-order valence-corrected chi connectivity index (χ1v) is 8.70. The maximum Gasteiger partial charge on any atom is 0.322 e. The number of hydrogen-bond donors (Lipinski definition) is 2. The van der Waals surface area contributed by atoms with Crippen LogP contribution < -0.4 is 15.5 Å². The first-order valence-electron chi connectivity index (χ1n) is 8.70. The Balaban J connectivity index is 1.85. The van der Waals surface area contributed by atoms with Crippen LogP contribution in [0.15, 0.2) is 24.3 Å². The number of carbonyl (C=O) groups is 2. The number of benzene rings is 1. The van der Waals surface area contributed by atoms with Crippen LogP contribution in [0.4, 0.5) is 16.2 Å². The maximum atomic E-state index is 12.9. The van der Waals surface area contributed by atoms with Crippen molar-refractivity contribution in [1.29, 1.82) is 0 Å². The lowest BCUT2D eigenvalue weighted by molar-refractivity contribution is -0.117. The topological polar surface area (TPSA) is 61.4 Å². The van der Waals surface area contributed by atoms with Gasteiger partial charge in [0.1, 0.15) is 6.04 Å². The van der Waals surface area contributed by atoms with E-state index in [0.29, 0.717) is 12.1 Å². The highest BCUT2D eigenvalue weighted by Gasteiger charge is 2.36. The Labute approximate surface area is 137 Å². The highest BCUT2D eigenvalue weighted by Crippen LogP contribution is 2.33. The summed E-state index contributed by atoms with van der Waals surface area (Å²) in [6, 6.07) is 7.18. The van der Waals surface area contributed by atoms with Crippen molar-refractivity contribution < 1.29 is 9.59 Å². The molecule has 5 nitrogen and oxygen atoms in total. The van der Waals surface area contributed by atoms with Crippen LogP contribution in [0.5, 0.6) is 0 Å². The largest absolute Gasteiger partial charge is 0.335 e. The number of para-hydroxylation sites is 2. The second kappa shape index (κ2) is 7.02. The molecule has 0 aromatic heterocycles. The Kier molecular flexibility index (Phi) is 4.84. The van der Waals surface area contributed by atoms with Gasteiger partial charge in [-0.25, -0.2) is 4.79 Å². The summed E-state index contributed by atoms with van der Waals surface area (Å²) in [5.41, 5.74) is 1.50. The molecular weight excluding hydrogens is 290 g/mol. The number of nitrogens with zero attached hydrogens (tertiary/aromatic N) is 1.